The monoisotopic (exact) mass is 263 g/mol. The summed E-state index contributed by atoms with van der Waals surface area (Å²) in [5, 5.41) is 15.0. The molecule has 1 unspecified atom stereocenters. The Morgan fingerprint density at radius 2 is 2.16 bits per heavy atom. The van der Waals surface area contributed by atoms with Gasteiger partial charge in [0.2, 0.25) is 11.2 Å². The predicted octanol–water partition coefficient (Wildman–Crippen LogP) is -0.636. The normalized spacial score (nSPS) is 18.0. The van der Waals surface area contributed by atoms with Crippen molar-refractivity contribution in [2.75, 3.05) is 11.9 Å². The third kappa shape index (κ3) is 2.15. The third-order valence-corrected chi connectivity index (χ3v) is 2.76. The predicted molar refractivity (Wildman–Crippen MR) is 67.8 cm³/mol. The molecule has 0 aliphatic heterocycles. The summed E-state index contributed by atoms with van der Waals surface area (Å²) in [5.74, 6) is -0.494. The molecule has 1 aliphatic rings. The van der Waals surface area contributed by atoms with Crippen molar-refractivity contribution in [1.29, 1.82) is 0 Å². The number of ketones is 1. The van der Waals surface area contributed by atoms with E-state index in [0.717, 1.165) is 0 Å². The summed E-state index contributed by atoms with van der Waals surface area (Å²) in [6, 6.07) is 0. The zero-order valence-corrected chi connectivity index (χ0v) is 10.2. The Labute approximate surface area is 108 Å². The van der Waals surface area contributed by atoms with Gasteiger partial charge in [0.25, 0.3) is 0 Å². The molecule has 0 aromatic carbocycles. The van der Waals surface area contributed by atoms with Crippen molar-refractivity contribution >= 4 is 17.8 Å². The van der Waals surface area contributed by atoms with Crippen molar-refractivity contribution in [2.24, 2.45) is 0 Å². The Morgan fingerprint density at radius 3 is 2.79 bits per heavy atom. The van der Waals surface area contributed by atoms with Crippen LogP contribution in [0.3, 0.4) is 0 Å². The van der Waals surface area contributed by atoms with Gasteiger partial charge < -0.3 is 20.7 Å². The van der Waals surface area contributed by atoms with Crippen LogP contribution in [0.1, 0.15) is 17.3 Å². The molecule has 1 aromatic heterocycles. The van der Waals surface area contributed by atoms with Crippen molar-refractivity contribution in [3.63, 3.8) is 0 Å². The second-order valence-electron chi connectivity index (χ2n) is 3.98. The lowest BCUT2D eigenvalue weighted by molar-refractivity contribution is -0.124. The summed E-state index contributed by atoms with van der Waals surface area (Å²) in [6.07, 6.45) is 1.87. The lowest BCUT2D eigenvalue weighted by Crippen LogP contribution is -2.46. The highest BCUT2D eigenvalue weighted by atomic mass is 16.3. The number of H-pyrrole nitrogens is 1. The average molecular weight is 263 g/mol. The Kier molecular flexibility index (Phi) is 3.48. The molecule has 19 heavy (non-hydrogen) atoms. The molecule has 0 fully saturated rings. The lowest BCUT2D eigenvalue weighted by Gasteiger charge is -2.29. The van der Waals surface area contributed by atoms with Crippen LogP contribution in [0.4, 0.5) is 5.69 Å². The first-order valence-electron chi connectivity index (χ1n) is 5.73. The number of aliphatic hydroxyl groups excluding tert-OH is 1. The van der Waals surface area contributed by atoms with E-state index in [0.29, 0.717) is 18.5 Å². The Morgan fingerprint density at radius 1 is 1.42 bits per heavy atom. The summed E-state index contributed by atoms with van der Waals surface area (Å²) in [5.41, 5.74) is 0.0239. The number of Topliss-reactive ketones (excluding diaryl/α,β-unsaturated/α-hetero) is 1. The number of aromatic amines is 1. The topological polar surface area (TPSA) is 111 Å². The molecule has 0 amide bonds. The van der Waals surface area contributed by atoms with Crippen molar-refractivity contribution in [1.82, 2.24) is 10.3 Å². The van der Waals surface area contributed by atoms with Crippen LogP contribution in [0, 0.1) is 0 Å². The minimum absolute atomic E-state index is 0.0390. The first kappa shape index (κ1) is 13.0. The fourth-order valence-corrected chi connectivity index (χ4v) is 1.78. The van der Waals surface area contributed by atoms with E-state index in [2.05, 4.69) is 15.6 Å². The zero-order valence-electron chi connectivity index (χ0n) is 10.2. The molecule has 7 nitrogen and oxygen atoms in total. The molecule has 0 saturated carbocycles. The standard InChI is InChI=1S/C12H13N3O4/c1-2-14-8-9(12(19)11(8)18)15-7-4-13-3-6(5-16)10(7)17/h3-5,11,14-15,18H,2H2,1H3,(H,13,17). The number of carbonyl (C=O) groups excluding carboxylic acids is 2. The molecule has 0 spiro atoms. The van der Waals surface area contributed by atoms with Gasteiger partial charge in [-0.25, -0.2) is 0 Å². The van der Waals surface area contributed by atoms with Crippen LogP contribution in [0.2, 0.25) is 0 Å². The maximum absolute atomic E-state index is 11.8. The zero-order chi connectivity index (χ0) is 14.0. The van der Waals surface area contributed by atoms with Gasteiger partial charge in [0.05, 0.1) is 11.3 Å². The molecule has 0 radical (unpaired) electrons. The molecule has 1 aromatic rings. The largest absolute Gasteiger partial charge is 0.384 e. The van der Waals surface area contributed by atoms with E-state index in [1.807, 2.05) is 6.92 Å². The molecular formula is C12H13N3O4. The van der Waals surface area contributed by atoms with E-state index in [9.17, 15) is 19.5 Å². The van der Waals surface area contributed by atoms with Gasteiger partial charge in [-0.05, 0) is 6.92 Å². The first-order chi connectivity index (χ1) is 9.10. The number of likely N-dealkylation sites (N-methyl/N-ethyl adjacent to an activating group) is 1. The van der Waals surface area contributed by atoms with Crippen LogP contribution in [-0.4, -0.2) is 34.8 Å². The number of hydrogen-bond acceptors (Lipinski definition) is 6. The molecule has 0 saturated heterocycles. The van der Waals surface area contributed by atoms with Crippen LogP contribution < -0.4 is 16.1 Å². The smallest absolute Gasteiger partial charge is 0.215 e. The highest BCUT2D eigenvalue weighted by molar-refractivity contribution is 6.10. The maximum atomic E-state index is 11.8. The van der Waals surface area contributed by atoms with E-state index >= 15 is 0 Å². The van der Waals surface area contributed by atoms with Crippen molar-refractivity contribution in [3.8, 4) is 0 Å². The van der Waals surface area contributed by atoms with Gasteiger partial charge >= 0.3 is 0 Å². The molecule has 1 aliphatic carbocycles. The molecule has 0 bridgehead atoms. The second-order valence-corrected chi connectivity index (χ2v) is 3.98. The summed E-state index contributed by atoms with van der Waals surface area (Å²) in [6.45, 7) is 2.36. The van der Waals surface area contributed by atoms with Gasteiger partial charge in [-0.3, -0.25) is 14.4 Å². The number of nitrogens with one attached hydrogen (secondary N) is 3. The fourth-order valence-electron chi connectivity index (χ4n) is 1.78. The molecule has 1 atom stereocenters. The third-order valence-electron chi connectivity index (χ3n) is 2.76. The van der Waals surface area contributed by atoms with Gasteiger partial charge in [-0.1, -0.05) is 0 Å². The number of rotatable bonds is 5. The van der Waals surface area contributed by atoms with Gasteiger partial charge in [-0.2, -0.15) is 0 Å². The first-order valence-corrected chi connectivity index (χ1v) is 5.73. The van der Waals surface area contributed by atoms with Crippen molar-refractivity contribution in [2.45, 2.75) is 13.0 Å². The Bertz CT molecular complexity index is 618. The van der Waals surface area contributed by atoms with Crippen LogP contribution in [-0.2, 0) is 4.79 Å². The maximum Gasteiger partial charge on any atom is 0.215 e. The second kappa shape index (κ2) is 5.07. The van der Waals surface area contributed by atoms with Crippen LogP contribution >= 0.6 is 0 Å². The molecule has 1 heterocycles. The number of anilines is 1. The van der Waals surface area contributed by atoms with Crippen LogP contribution in [0.15, 0.2) is 28.6 Å². The summed E-state index contributed by atoms with van der Waals surface area (Å²) >= 11 is 0. The summed E-state index contributed by atoms with van der Waals surface area (Å²) < 4.78 is 0. The molecule has 7 heteroatoms. The molecular weight excluding hydrogens is 250 g/mol. The molecule has 100 valence electrons. The quantitative estimate of drug-likeness (QED) is 0.526. The van der Waals surface area contributed by atoms with Crippen molar-refractivity contribution in [3.05, 3.63) is 39.6 Å². The highest BCUT2D eigenvalue weighted by Crippen LogP contribution is 2.23. The average Bonchev–Trinajstić information content (AvgIpc) is 2.43. The van der Waals surface area contributed by atoms with E-state index < -0.39 is 17.3 Å². The number of aliphatic hydroxyl groups is 1. The molecule has 4 N–H and O–H groups in total. The SMILES string of the molecule is CCNC1=C(Nc2c[nH]cc(C=O)c2=O)C(=O)C1O. The van der Waals surface area contributed by atoms with E-state index in [-0.39, 0.29) is 16.9 Å². The lowest BCUT2D eigenvalue weighted by atomic mass is 9.94. The number of aldehydes is 1. The Hall–Kier alpha value is -2.41. The van der Waals surface area contributed by atoms with Crippen LogP contribution in [0.25, 0.3) is 0 Å². The van der Waals surface area contributed by atoms with Gasteiger partial charge in [0.1, 0.15) is 11.4 Å². The van der Waals surface area contributed by atoms with E-state index in [4.69, 9.17) is 0 Å². The van der Waals surface area contributed by atoms with E-state index in [1.54, 1.807) is 0 Å². The fraction of sp³-hybridized carbons (Fsp3) is 0.250. The summed E-state index contributed by atoms with van der Waals surface area (Å²) in [4.78, 5) is 36.6. The number of carbonyl (C=O) groups is 2. The highest BCUT2D eigenvalue weighted by Gasteiger charge is 2.38. The molecule has 2 rings (SSSR count). The minimum atomic E-state index is -1.18. The van der Waals surface area contributed by atoms with Gasteiger partial charge in [-0.15, -0.1) is 0 Å². The number of pyridine rings is 1. The van der Waals surface area contributed by atoms with Gasteiger partial charge in [0.15, 0.2) is 12.4 Å². The van der Waals surface area contributed by atoms with Crippen molar-refractivity contribution < 1.29 is 14.7 Å². The van der Waals surface area contributed by atoms with Crippen LogP contribution in [0.5, 0.6) is 0 Å². The number of aromatic nitrogens is 1. The minimum Gasteiger partial charge on any atom is -0.384 e. The van der Waals surface area contributed by atoms with Gasteiger partial charge in [0, 0.05) is 18.9 Å². The summed E-state index contributed by atoms with van der Waals surface area (Å²) in [7, 11) is 0. The number of hydrogen-bond donors (Lipinski definition) is 4. The Balaban J connectivity index is 2.34. The van der Waals surface area contributed by atoms with E-state index in [1.165, 1.54) is 12.4 Å².